The molecule has 1 aromatic heterocycles. The van der Waals surface area contributed by atoms with Gasteiger partial charge in [0.15, 0.2) is 5.75 Å². The number of phenols is 1. The maximum Gasteiger partial charge on any atom is 0.253 e. The molecule has 0 radical (unpaired) electrons. The Hall–Kier alpha value is -2.82. The first-order chi connectivity index (χ1) is 15.4. The van der Waals surface area contributed by atoms with Crippen LogP contribution in [0.25, 0.3) is 0 Å². The molecule has 0 unspecified atom stereocenters. The molecule has 11 heteroatoms. The van der Waals surface area contributed by atoms with Gasteiger partial charge in [0.05, 0.1) is 23.0 Å². The van der Waals surface area contributed by atoms with Crippen LogP contribution in [0.1, 0.15) is 37.6 Å². The van der Waals surface area contributed by atoms with Crippen LogP contribution in [0, 0.1) is 5.41 Å². The zero-order chi connectivity index (χ0) is 24.3. The van der Waals surface area contributed by atoms with Gasteiger partial charge in [0.2, 0.25) is 10.0 Å². The van der Waals surface area contributed by atoms with Crippen LogP contribution in [-0.2, 0) is 16.4 Å². The quantitative estimate of drug-likeness (QED) is 0.352. The molecular formula is C22H24ClN3O6S. The lowest BCUT2D eigenvalue weighted by molar-refractivity contribution is 0.250. The van der Waals surface area contributed by atoms with Gasteiger partial charge in [-0.2, -0.15) is 0 Å². The van der Waals surface area contributed by atoms with Crippen LogP contribution >= 0.6 is 11.6 Å². The zero-order valence-corrected chi connectivity index (χ0v) is 20.1. The first-order valence-electron chi connectivity index (χ1n) is 10.2. The minimum Gasteiger partial charge on any atom is -0.504 e. The largest absolute Gasteiger partial charge is 0.504 e. The van der Waals surface area contributed by atoms with Crippen molar-refractivity contribution >= 4 is 38.7 Å². The molecule has 9 nitrogen and oxygen atoms in total. The second-order valence-corrected chi connectivity index (χ2v) is 11.5. The Kier molecular flexibility index (Phi) is 5.58. The van der Waals surface area contributed by atoms with E-state index in [1.54, 1.807) is 6.26 Å². The first-order valence-corrected chi connectivity index (χ1v) is 12.0. The van der Waals surface area contributed by atoms with E-state index < -0.39 is 31.5 Å². The van der Waals surface area contributed by atoms with Crippen molar-refractivity contribution in [1.29, 1.82) is 0 Å². The van der Waals surface area contributed by atoms with Crippen molar-refractivity contribution in [3.05, 3.63) is 61.3 Å². The lowest BCUT2D eigenvalue weighted by Gasteiger charge is -2.39. The number of hydrogen-bond donors (Lipinski definition) is 3. The molecule has 0 aliphatic heterocycles. The van der Waals surface area contributed by atoms with Crippen molar-refractivity contribution < 1.29 is 17.9 Å². The van der Waals surface area contributed by atoms with Crippen molar-refractivity contribution in [3.8, 4) is 5.75 Å². The van der Waals surface area contributed by atoms with Crippen molar-refractivity contribution in [2.45, 2.75) is 37.6 Å². The number of sulfonamides is 1. The number of nitrogens with zero attached hydrogens (tertiary/aromatic N) is 1. The van der Waals surface area contributed by atoms with Crippen LogP contribution in [0.4, 0.5) is 17.1 Å². The SMILES string of the molecule is CN(C)S(=O)(=O)c1c(Cl)ccc(Nc2c(N[C@H]3c4ccoc4CCC3(C)C)c(=O)c2=O)c1O. The van der Waals surface area contributed by atoms with Gasteiger partial charge in [0.25, 0.3) is 10.9 Å². The number of phenolic OH excluding ortho intramolecular Hbond substituents is 1. The predicted molar refractivity (Wildman–Crippen MR) is 126 cm³/mol. The Morgan fingerprint density at radius 1 is 1.15 bits per heavy atom. The van der Waals surface area contributed by atoms with Crippen LogP contribution in [0.3, 0.4) is 0 Å². The number of rotatable bonds is 6. The topological polar surface area (TPSA) is 129 Å². The van der Waals surface area contributed by atoms with Crippen LogP contribution in [-0.4, -0.2) is 31.9 Å². The maximum atomic E-state index is 12.6. The van der Waals surface area contributed by atoms with Crippen LogP contribution in [0.5, 0.6) is 5.75 Å². The average Bonchev–Trinajstić information content (AvgIpc) is 3.21. The number of fused-ring (bicyclic) bond motifs is 1. The smallest absolute Gasteiger partial charge is 0.253 e. The van der Waals surface area contributed by atoms with Gasteiger partial charge in [-0.25, -0.2) is 12.7 Å². The molecule has 0 bridgehead atoms. The summed E-state index contributed by atoms with van der Waals surface area (Å²) in [6, 6.07) is 4.19. The van der Waals surface area contributed by atoms with Gasteiger partial charge in [-0.15, -0.1) is 0 Å². The van der Waals surface area contributed by atoms with Crippen molar-refractivity contribution in [2.24, 2.45) is 5.41 Å². The van der Waals surface area contributed by atoms with Gasteiger partial charge >= 0.3 is 0 Å². The minimum absolute atomic E-state index is 0.0581. The lowest BCUT2D eigenvalue weighted by atomic mass is 9.72. The summed E-state index contributed by atoms with van der Waals surface area (Å²) in [6.07, 6.45) is 3.18. The molecule has 1 heterocycles. The third kappa shape index (κ3) is 3.71. The molecule has 4 rings (SSSR count). The molecule has 176 valence electrons. The van der Waals surface area contributed by atoms with Gasteiger partial charge < -0.3 is 20.2 Å². The fourth-order valence-electron chi connectivity index (χ4n) is 4.09. The molecule has 1 atom stereocenters. The number of aryl methyl sites for hydroxylation is 1. The number of aromatic hydroxyl groups is 1. The molecule has 2 aromatic carbocycles. The monoisotopic (exact) mass is 493 g/mol. The first kappa shape index (κ1) is 23.3. The predicted octanol–water partition coefficient (Wildman–Crippen LogP) is 3.35. The number of halogens is 1. The number of hydrogen-bond acceptors (Lipinski definition) is 8. The average molecular weight is 494 g/mol. The van der Waals surface area contributed by atoms with E-state index in [4.69, 9.17) is 16.0 Å². The summed E-state index contributed by atoms with van der Waals surface area (Å²) >= 11 is 6.04. The molecule has 0 saturated heterocycles. The number of furan rings is 1. The molecule has 1 aliphatic carbocycles. The Balaban J connectivity index is 1.72. The third-order valence-corrected chi connectivity index (χ3v) is 8.47. The summed E-state index contributed by atoms with van der Waals surface area (Å²) in [4.78, 5) is 24.3. The Morgan fingerprint density at radius 2 is 1.82 bits per heavy atom. The van der Waals surface area contributed by atoms with Crippen molar-refractivity contribution in [1.82, 2.24) is 4.31 Å². The minimum atomic E-state index is -4.07. The lowest BCUT2D eigenvalue weighted by Crippen LogP contribution is -2.41. The summed E-state index contributed by atoms with van der Waals surface area (Å²) in [5.74, 6) is 0.180. The maximum absolute atomic E-state index is 12.6. The van der Waals surface area contributed by atoms with E-state index in [1.807, 2.05) is 6.07 Å². The van der Waals surface area contributed by atoms with Gasteiger partial charge in [0.1, 0.15) is 22.0 Å². The summed E-state index contributed by atoms with van der Waals surface area (Å²) < 4.78 is 31.7. The second-order valence-electron chi connectivity index (χ2n) is 8.96. The third-order valence-electron chi connectivity index (χ3n) is 6.15. The van der Waals surface area contributed by atoms with Crippen molar-refractivity contribution in [2.75, 3.05) is 24.7 Å². The van der Waals surface area contributed by atoms with E-state index in [0.717, 1.165) is 28.5 Å². The van der Waals surface area contributed by atoms with E-state index in [9.17, 15) is 23.1 Å². The molecule has 33 heavy (non-hydrogen) atoms. The van der Waals surface area contributed by atoms with E-state index in [-0.39, 0.29) is 33.5 Å². The van der Waals surface area contributed by atoms with Gasteiger partial charge in [-0.05, 0) is 30.0 Å². The molecule has 0 spiro atoms. The van der Waals surface area contributed by atoms with E-state index in [0.29, 0.717) is 0 Å². The Morgan fingerprint density at radius 3 is 2.48 bits per heavy atom. The fourth-order valence-corrected chi connectivity index (χ4v) is 5.57. The second kappa shape index (κ2) is 7.89. The number of anilines is 3. The Labute approximate surface area is 195 Å². The molecule has 1 aliphatic rings. The van der Waals surface area contributed by atoms with E-state index >= 15 is 0 Å². The van der Waals surface area contributed by atoms with Gasteiger partial charge in [0, 0.05) is 26.1 Å². The van der Waals surface area contributed by atoms with E-state index in [1.165, 1.54) is 26.2 Å². The highest BCUT2D eigenvalue weighted by Gasteiger charge is 2.39. The molecule has 0 saturated carbocycles. The van der Waals surface area contributed by atoms with E-state index in [2.05, 4.69) is 24.5 Å². The standard InChI is InChI=1S/C22H24ClN3O6S/c1-22(2)9-7-14-11(8-10-32-14)21(22)25-16-15(18(28)19(16)29)24-13-6-5-12(23)20(17(13)27)33(30,31)26(3)4/h5-6,8,10,21,24-25,27H,7,9H2,1-4H3/t21-/m0/s1. The molecule has 0 amide bonds. The van der Waals surface area contributed by atoms with Crippen LogP contribution in [0.15, 0.2) is 43.4 Å². The fraction of sp³-hybridized carbons (Fsp3) is 0.364. The van der Waals surface area contributed by atoms with Gasteiger partial charge in [-0.3, -0.25) is 9.59 Å². The highest BCUT2D eigenvalue weighted by molar-refractivity contribution is 7.89. The van der Waals surface area contributed by atoms with Crippen LogP contribution in [0.2, 0.25) is 5.02 Å². The normalized spacial score (nSPS) is 17.8. The number of benzene rings is 1. The molecule has 0 fully saturated rings. The molecule has 3 N–H and O–H groups in total. The molecular weight excluding hydrogens is 470 g/mol. The van der Waals surface area contributed by atoms with Crippen molar-refractivity contribution in [3.63, 3.8) is 0 Å². The Bertz CT molecular complexity index is 1420. The van der Waals surface area contributed by atoms with Gasteiger partial charge in [-0.1, -0.05) is 25.4 Å². The highest BCUT2D eigenvalue weighted by atomic mass is 35.5. The summed E-state index contributed by atoms with van der Waals surface area (Å²) in [5, 5.41) is 16.4. The zero-order valence-electron chi connectivity index (χ0n) is 18.5. The molecule has 3 aromatic rings. The summed E-state index contributed by atoms with van der Waals surface area (Å²) in [6.45, 7) is 4.12. The highest BCUT2D eigenvalue weighted by Crippen LogP contribution is 2.46. The summed E-state index contributed by atoms with van der Waals surface area (Å²) in [5.41, 5.74) is -0.844. The summed E-state index contributed by atoms with van der Waals surface area (Å²) in [7, 11) is -1.46. The van der Waals surface area contributed by atoms with Crippen LogP contribution < -0.4 is 21.5 Å². The number of nitrogens with one attached hydrogen (secondary N) is 2.